The molecule has 4 heteroatoms. The van der Waals surface area contributed by atoms with Gasteiger partial charge >= 0.3 is 0 Å². The third kappa shape index (κ3) is 2.08. The Labute approximate surface area is 109 Å². The van der Waals surface area contributed by atoms with Crippen LogP contribution in [0.2, 0.25) is 10.0 Å². The van der Waals surface area contributed by atoms with E-state index in [1.54, 1.807) is 18.2 Å². The fraction of sp³-hybridized carbons (Fsp3) is 0.231. The summed E-state index contributed by atoms with van der Waals surface area (Å²) in [7, 11) is 0. The predicted octanol–water partition coefficient (Wildman–Crippen LogP) is 4.07. The normalized spacial score (nSPS) is 22.8. The van der Waals surface area contributed by atoms with E-state index < -0.39 is 0 Å². The van der Waals surface area contributed by atoms with Gasteiger partial charge in [-0.25, -0.2) is 0 Å². The predicted molar refractivity (Wildman–Crippen MR) is 69.5 cm³/mol. The largest absolute Gasteiger partial charge is 0.461 e. The minimum Gasteiger partial charge on any atom is -0.461 e. The second kappa shape index (κ2) is 4.05. The first-order chi connectivity index (χ1) is 8.15. The number of furan rings is 1. The van der Waals surface area contributed by atoms with Crippen molar-refractivity contribution in [3.8, 4) is 11.3 Å². The summed E-state index contributed by atoms with van der Waals surface area (Å²) in [5, 5.41) is 1.28. The molecule has 1 aliphatic rings. The summed E-state index contributed by atoms with van der Waals surface area (Å²) in [5.41, 5.74) is 6.61. The summed E-state index contributed by atoms with van der Waals surface area (Å²) in [6.45, 7) is 0. The SMILES string of the molecule is N[C@H]1C[C@@H]1c1ccc(-c2cc(Cl)ccc2Cl)o1. The standard InChI is InChI=1S/C13H11Cl2NO/c14-7-1-2-10(15)8(5-7)12-3-4-13(17-12)9-6-11(9)16/h1-5,9,11H,6,16H2/t9-,11-/m0/s1. The first-order valence-corrected chi connectivity index (χ1v) is 6.21. The van der Waals surface area contributed by atoms with Crippen molar-refractivity contribution in [1.29, 1.82) is 0 Å². The third-order valence-corrected chi connectivity index (χ3v) is 3.59. The van der Waals surface area contributed by atoms with Crippen molar-refractivity contribution in [2.75, 3.05) is 0 Å². The molecule has 1 fully saturated rings. The molecule has 1 aliphatic carbocycles. The van der Waals surface area contributed by atoms with Crippen LogP contribution in [0.5, 0.6) is 0 Å². The van der Waals surface area contributed by atoms with Gasteiger partial charge in [-0.2, -0.15) is 0 Å². The average molecular weight is 268 g/mol. The van der Waals surface area contributed by atoms with E-state index in [0.717, 1.165) is 23.5 Å². The summed E-state index contributed by atoms with van der Waals surface area (Å²) in [4.78, 5) is 0. The lowest BCUT2D eigenvalue weighted by atomic mass is 10.2. The first-order valence-electron chi connectivity index (χ1n) is 5.46. The van der Waals surface area contributed by atoms with Gasteiger partial charge in [0.2, 0.25) is 0 Å². The maximum Gasteiger partial charge on any atom is 0.135 e. The van der Waals surface area contributed by atoms with Gasteiger partial charge in [-0.1, -0.05) is 23.2 Å². The van der Waals surface area contributed by atoms with E-state index in [2.05, 4.69) is 0 Å². The number of benzene rings is 1. The summed E-state index contributed by atoms with van der Waals surface area (Å²) in [5.74, 6) is 2.04. The van der Waals surface area contributed by atoms with Gasteiger partial charge in [0.25, 0.3) is 0 Å². The highest BCUT2D eigenvalue weighted by Crippen LogP contribution is 2.42. The smallest absolute Gasteiger partial charge is 0.135 e. The van der Waals surface area contributed by atoms with E-state index in [-0.39, 0.29) is 6.04 Å². The van der Waals surface area contributed by atoms with Crippen molar-refractivity contribution in [3.05, 3.63) is 46.1 Å². The van der Waals surface area contributed by atoms with Gasteiger partial charge < -0.3 is 10.2 Å². The summed E-state index contributed by atoms with van der Waals surface area (Å²) >= 11 is 12.1. The van der Waals surface area contributed by atoms with Crippen LogP contribution in [-0.4, -0.2) is 6.04 Å². The second-order valence-corrected chi connectivity index (χ2v) is 5.18. The molecule has 88 valence electrons. The molecule has 2 atom stereocenters. The van der Waals surface area contributed by atoms with Gasteiger partial charge in [0.1, 0.15) is 11.5 Å². The highest BCUT2D eigenvalue weighted by Gasteiger charge is 2.37. The van der Waals surface area contributed by atoms with Crippen molar-refractivity contribution in [3.63, 3.8) is 0 Å². The molecule has 0 saturated heterocycles. The number of hydrogen-bond donors (Lipinski definition) is 1. The van der Waals surface area contributed by atoms with Gasteiger partial charge in [-0.3, -0.25) is 0 Å². The van der Waals surface area contributed by atoms with Crippen molar-refractivity contribution in [1.82, 2.24) is 0 Å². The Hall–Kier alpha value is -0.960. The minimum absolute atomic E-state index is 0.240. The molecular formula is C13H11Cl2NO. The van der Waals surface area contributed by atoms with Crippen LogP contribution in [0.1, 0.15) is 18.1 Å². The molecule has 1 saturated carbocycles. The molecule has 0 aliphatic heterocycles. The van der Waals surface area contributed by atoms with Crippen molar-refractivity contribution in [2.45, 2.75) is 18.4 Å². The van der Waals surface area contributed by atoms with Crippen LogP contribution in [0.4, 0.5) is 0 Å². The van der Waals surface area contributed by atoms with Crippen molar-refractivity contribution < 1.29 is 4.42 Å². The molecular weight excluding hydrogens is 257 g/mol. The second-order valence-electron chi connectivity index (χ2n) is 4.33. The van der Waals surface area contributed by atoms with Gasteiger partial charge in [-0.05, 0) is 36.8 Å². The van der Waals surface area contributed by atoms with Crippen molar-refractivity contribution >= 4 is 23.2 Å². The zero-order chi connectivity index (χ0) is 12.0. The molecule has 17 heavy (non-hydrogen) atoms. The van der Waals surface area contributed by atoms with Crippen molar-refractivity contribution in [2.24, 2.45) is 5.73 Å². The van der Waals surface area contributed by atoms with E-state index in [9.17, 15) is 0 Å². The monoisotopic (exact) mass is 267 g/mol. The van der Waals surface area contributed by atoms with E-state index in [4.69, 9.17) is 33.4 Å². The minimum atomic E-state index is 0.240. The quantitative estimate of drug-likeness (QED) is 0.891. The van der Waals surface area contributed by atoms with Gasteiger partial charge in [-0.15, -0.1) is 0 Å². The lowest BCUT2D eigenvalue weighted by Crippen LogP contribution is -2.00. The van der Waals surface area contributed by atoms with Crippen LogP contribution in [0, 0.1) is 0 Å². The van der Waals surface area contributed by atoms with E-state index >= 15 is 0 Å². The Morgan fingerprint density at radius 1 is 1.18 bits per heavy atom. The van der Waals surface area contributed by atoms with Crippen LogP contribution in [-0.2, 0) is 0 Å². The highest BCUT2D eigenvalue weighted by atomic mass is 35.5. The van der Waals surface area contributed by atoms with Crippen LogP contribution >= 0.6 is 23.2 Å². The molecule has 0 spiro atoms. The van der Waals surface area contributed by atoms with Crippen LogP contribution in [0.15, 0.2) is 34.7 Å². The first kappa shape index (κ1) is 11.1. The highest BCUT2D eigenvalue weighted by molar-refractivity contribution is 6.35. The zero-order valence-corrected chi connectivity index (χ0v) is 10.5. The fourth-order valence-corrected chi connectivity index (χ4v) is 2.31. The maximum absolute atomic E-state index is 6.12. The average Bonchev–Trinajstić information content (AvgIpc) is 2.85. The maximum atomic E-state index is 6.12. The molecule has 1 heterocycles. The Balaban J connectivity index is 1.98. The molecule has 2 nitrogen and oxygen atoms in total. The van der Waals surface area contributed by atoms with Crippen LogP contribution in [0.3, 0.4) is 0 Å². The summed E-state index contributed by atoms with van der Waals surface area (Å²) < 4.78 is 5.78. The lowest BCUT2D eigenvalue weighted by Gasteiger charge is -2.01. The molecule has 0 unspecified atom stereocenters. The Morgan fingerprint density at radius 2 is 1.94 bits per heavy atom. The van der Waals surface area contributed by atoms with Gasteiger partial charge in [0.05, 0.1) is 5.02 Å². The number of nitrogens with two attached hydrogens (primary N) is 1. The summed E-state index contributed by atoms with van der Waals surface area (Å²) in [6.07, 6.45) is 0.996. The van der Waals surface area contributed by atoms with Gasteiger partial charge in [0.15, 0.2) is 0 Å². The topological polar surface area (TPSA) is 39.2 Å². The molecule has 2 N–H and O–H groups in total. The lowest BCUT2D eigenvalue weighted by molar-refractivity contribution is 0.522. The Morgan fingerprint density at radius 3 is 2.65 bits per heavy atom. The Bertz CT molecular complexity index is 564. The zero-order valence-electron chi connectivity index (χ0n) is 8.99. The number of hydrogen-bond acceptors (Lipinski definition) is 2. The molecule has 1 aromatic carbocycles. The molecule has 1 aromatic heterocycles. The Kier molecular flexibility index (Phi) is 2.66. The molecule has 2 aromatic rings. The third-order valence-electron chi connectivity index (χ3n) is 3.03. The molecule has 0 bridgehead atoms. The number of rotatable bonds is 2. The molecule has 3 rings (SSSR count). The molecule has 0 amide bonds. The van der Waals surface area contributed by atoms with E-state index in [0.29, 0.717) is 16.0 Å². The number of halogens is 2. The van der Waals surface area contributed by atoms with Gasteiger partial charge in [0, 0.05) is 22.5 Å². The van der Waals surface area contributed by atoms with Crippen LogP contribution in [0.25, 0.3) is 11.3 Å². The fourth-order valence-electron chi connectivity index (χ4n) is 1.92. The van der Waals surface area contributed by atoms with E-state index in [1.165, 1.54) is 0 Å². The summed E-state index contributed by atoms with van der Waals surface area (Å²) in [6, 6.07) is 9.45. The molecule has 0 radical (unpaired) electrons. The van der Waals surface area contributed by atoms with Crippen LogP contribution < -0.4 is 5.73 Å². The van der Waals surface area contributed by atoms with E-state index in [1.807, 2.05) is 12.1 Å².